The Bertz CT molecular complexity index is 339. The van der Waals surface area contributed by atoms with Gasteiger partial charge >= 0.3 is 0 Å². The van der Waals surface area contributed by atoms with Crippen LogP contribution in [0.25, 0.3) is 0 Å². The maximum atomic E-state index is 12.4. The molecule has 0 radical (unpaired) electrons. The van der Waals surface area contributed by atoms with Gasteiger partial charge in [0.05, 0.1) is 5.88 Å². The monoisotopic (exact) mass is 315 g/mol. The van der Waals surface area contributed by atoms with Crippen LogP contribution in [0.4, 0.5) is 0 Å². The summed E-state index contributed by atoms with van der Waals surface area (Å²) in [4.78, 5) is 26.3. The summed E-state index contributed by atoms with van der Waals surface area (Å²) in [5, 5.41) is 3.01. The van der Waals surface area contributed by atoms with Gasteiger partial charge in [-0.2, -0.15) is 0 Å². The lowest BCUT2D eigenvalue weighted by atomic mass is 10.1. The zero-order chi connectivity index (χ0) is 15.7. The molecule has 3 N–H and O–H groups in total. The van der Waals surface area contributed by atoms with Crippen molar-refractivity contribution in [1.82, 2.24) is 10.2 Å². The van der Waals surface area contributed by atoms with E-state index in [0.717, 1.165) is 32.1 Å². The number of hydrogen-bond acceptors (Lipinski definition) is 4. The highest BCUT2D eigenvalue weighted by atomic mass is 32.2. The van der Waals surface area contributed by atoms with Crippen molar-refractivity contribution in [2.24, 2.45) is 5.73 Å². The highest BCUT2D eigenvalue weighted by Gasteiger charge is 2.34. The third-order valence-electron chi connectivity index (χ3n) is 3.79. The average Bonchev–Trinajstić information content (AvgIpc) is 2.98. The fourth-order valence-corrected chi connectivity index (χ4v) is 3.55. The van der Waals surface area contributed by atoms with Crippen LogP contribution < -0.4 is 11.1 Å². The zero-order valence-electron chi connectivity index (χ0n) is 13.3. The van der Waals surface area contributed by atoms with Gasteiger partial charge in [-0.3, -0.25) is 9.59 Å². The van der Waals surface area contributed by atoms with E-state index >= 15 is 0 Å². The number of nitrogens with zero attached hydrogens (tertiary/aromatic N) is 1. The molecule has 1 heterocycles. The van der Waals surface area contributed by atoms with Crippen molar-refractivity contribution in [3.63, 3.8) is 0 Å². The molecule has 2 amide bonds. The lowest BCUT2D eigenvalue weighted by Gasteiger charge is -2.25. The van der Waals surface area contributed by atoms with Crippen molar-refractivity contribution >= 4 is 23.6 Å². The predicted octanol–water partition coefficient (Wildman–Crippen LogP) is 1.71. The molecular formula is C15H29N3O2S. The van der Waals surface area contributed by atoms with Gasteiger partial charge in [-0.25, -0.2) is 0 Å². The van der Waals surface area contributed by atoms with Crippen LogP contribution in [0.15, 0.2) is 0 Å². The standard InChI is InChI=1S/C15H29N3O2S/c1-3-5-7-12(9-16)17-15(20)13-10-21-11-18(13)14(19)8-6-4-2/h12-13H,3-11,16H2,1-2H3,(H,17,20). The van der Waals surface area contributed by atoms with E-state index in [-0.39, 0.29) is 23.9 Å². The maximum Gasteiger partial charge on any atom is 0.243 e. The lowest BCUT2D eigenvalue weighted by molar-refractivity contribution is -0.138. The minimum absolute atomic E-state index is 0.0237. The van der Waals surface area contributed by atoms with E-state index in [9.17, 15) is 9.59 Å². The van der Waals surface area contributed by atoms with E-state index in [2.05, 4.69) is 19.2 Å². The lowest BCUT2D eigenvalue weighted by Crippen LogP contribution is -2.51. The van der Waals surface area contributed by atoms with E-state index in [1.54, 1.807) is 16.7 Å². The second-order valence-corrected chi connectivity index (χ2v) is 6.57. The van der Waals surface area contributed by atoms with Crippen LogP contribution in [-0.2, 0) is 9.59 Å². The molecule has 0 aromatic heterocycles. The third-order valence-corrected chi connectivity index (χ3v) is 4.80. The third kappa shape index (κ3) is 5.87. The van der Waals surface area contributed by atoms with Gasteiger partial charge in [0.2, 0.25) is 11.8 Å². The van der Waals surface area contributed by atoms with E-state index in [1.807, 2.05) is 0 Å². The summed E-state index contributed by atoms with van der Waals surface area (Å²) in [5.41, 5.74) is 5.72. The molecule has 0 aromatic rings. The summed E-state index contributed by atoms with van der Waals surface area (Å²) in [6, 6.07) is -0.300. The van der Waals surface area contributed by atoms with Gasteiger partial charge < -0.3 is 16.0 Å². The van der Waals surface area contributed by atoms with Crippen LogP contribution in [0.2, 0.25) is 0 Å². The second-order valence-electron chi connectivity index (χ2n) is 5.57. The first kappa shape index (κ1) is 18.3. The van der Waals surface area contributed by atoms with Gasteiger partial charge in [0, 0.05) is 24.8 Å². The number of carbonyl (C=O) groups is 2. The largest absolute Gasteiger partial charge is 0.350 e. The van der Waals surface area contributed by atoms with E-state index in [0.29, 0.717) is 24.6 Å². The first-order chi connectivity index (χ1) is 10.1. The molecule has 1 aliphatic heterocycles. The van der Waals surface area contributed by atoms with Crippen LogP contribution in [0.3, 0.4) is 0 Å². The van der Waals surface area contributed by atoms with Crippen molar-refractivity contribution in [2.45, 2.75) is 64.5 Å². The highest BCUT2D eigenvalue weighted by molar-refractivity contribution is 7.99. The Kier molecular flexibility index (Phi) is 8.76. The summed E-state index contributed by atoms with van der Waals surface area (Å²) in [5.74, 6) is 1.37. The molecule has 1 rings (SSSR count). The first-order valence-corrected chi connectivity index (χ1v) is 9.17. The van der Waals surface area contributed by atoms with Gasteiger partial charge in [0.25, 0.3) is 0 Å². The maximum absolute atomic E-state index is 12.4. The molecule has 0 saturated carbocycles. The van der Waals surface area contributed by atoms with Crippen molar-refractivity contribution in [2.75, 3.05) is 18.2 Å². The number of unbranched alkanes of at least 4 members (excludes halogenated alkanes) is 2. The quantitative estimate of drug-likeness (QED) is 0.679. The molecule has 0 spiro atoms. The SMILES string of the molecule is CCCCC(=O)N1CSCC1C(=O)NC(CN)CCCC. The Hall–Kier alpha value is -0.750. The molecule has 21 heavy (non-hydrogen) atoms. The van der Waals surface area contributed by atoms with E-state index < -0.39 is 0 Å². The molecule has 0 aliphatic carbocycles. The van der Waals surface area contributed by atoms with Gasteiger partial charge in [-0.15, -0.1) is 11.8 Å². The average molecular weight is 315 g/mol. The molecule has 1 saturated heterocycles. The molecule has 0 bridgehead atoms. The zero-order valence-corrected chi connectivity index (χ0v) is 14.1. The van der Waals surface area contributed by atoms with Gasteiger partial charge in [0.15, 0.2) is 0 Å². The molecule has 1 fully saturated rings. The number of carbonyl (C=O) groups excluding carboxylic acids is 2. The van der Waals surface area contributed by atoms with Crippen LogP contribution in [-0.4, -0.2) is 47.0 Å². The molecule has 2 atom stereocenters. The molecule has 6 heteroatoms. The Labute approximate surface area is 132 Å². The Morgan fingerprint density at radius 1 is 1.33 bits per heavy atom. The number of thioether (sulfide) groups is 1. The van der Waals surface area contributed by atoms with Crippen molar-refractivity contribution in [3.8, 4) is 0 Å². The summed E-state index contributed by atoms with van der Waals surface area (Å²) >= 11 is 1.65. The fraction of sp³-hybridized carbons (Fsp3) is 0.867. The summed E-state index contributed by atoms with van der Waals surface area (Å²) in [7, 11) is 0. The Balaban J connectivity index is 2.52. The molecular weight excluding hydrogens is 286 g/mol. The summed E-state index contributed by atoms with van der Waals surface area (Å²) in [6.45, 7) is 4.64. The topological polar surface area (TPSA) is 75.4 Å². The molecule has 122 valence electrons. The molecule has 5 nitrogen and oxygen atoms in total. The van der Waals surface area contributed by atoms with Gasteiger partial charge in [-0.05, 0) is 12.8 Å². The molecule has 0 aromatic carbocycles. The summed E-state index contributed by atoms with van der Waals surface area (Å²) < 4.78 is 0. The molecule has 2 unspecified atom stereocenters. The highest BCUT2D eigenvalue weighted by Crippen LogP contribution is 2.22. The van der Waals surface area contributed by atoms with Gasteiger partial charge in [-0.1, -0.05) is 33.1 Å². The van der Waals surface area contributed by atoms with Crippen LogP contribution in [0, 0.1) is 0 Å². The number of nitrogens with one attached hydrogen (secondary N) is 1. The van der Waals surface area contributed by atoms with Crippen molar-refractivity contribution < 1.29 is 9.59 Å². The van der Waals surface area contributed by atoms with Crippen LogP contribution in [0.1, 0.15) is 52.4 Å². The number of rotatable bonds is 9. The Morgan fingerprint density at radius 3 is 2.67 bits per heavy atom. The normalized spacial score (nSPS) is 19.6. The smallest absolute Gasteiger partial charge is 0.243 e. The molecule has 1 aliphatic rings. The number of amides is 2. The van der Waals surface area contributed by atoms with Crippen molar-refractivity contribution in [1.29, 1.82) is 0 Å². The first-order valence-electron chi connectivity index (χ1n) is 8.01. The minimum Gasteiger partial charge on any atom is -0.350 e. The van der Waals surface area contributed by atoms with E-state index in [4.69, 9.17) is 5.73 Å². The van der Waals surface area contributed by atoms with Gasteiger partial charge in [0.1, 0.15) is 6.04 Å². The Morgan fingerprint density at radius 2 is 2.05 bits per heavy atom. The fourth-order valence-electron chi connectivity index (χ4n) is 2.37. The van der Waals surface area contributed by atoms with Crippen molar-refractivity contribution in [3.05, 3.63) is 0 Å². The number of nitrogens with two attached hydrogens (primary N) is 1. The van der Waals surface area contributed by atoms with Crippen LogP contribution in [0.5, 0.6) is 0 Å². The van der Waals surface area contributed by atoms with Crippen LogP contribution >= 0.6 is 11.8 Å². The second kappa shape index (κ2) is 10.1. The minimum atomic E-state index is -0.324. The predicted molar refractivity (Wildman–Crippen MR) is 88.0 cm³/mol. The van der Waals surface area contributed by atoms with E-state index in [1.165, 1.54) is 0 Å². The number of hydrogen-bond donors (Lipinski definition) is 2. The summed E-state index contributed by atoms with van der Waals surface area (Å²) in [6.07, 6.45) is 5.47.